The predicted octanol–water partition coefficient (Wildman–Crippen LogP) is -8.40. The number of hydrogen-bond acceptors (Lipinski definition) is 30. The van der Waals surface area contributed by atoms with Gasteiger partial charge in [0.05, 0.1) is 203 Å². The number of amides is 8. The maximum Gasteiger partial charge on any atom is 0.258 e. The van der Waals surface area contributed by atoms with Gasteiger partial charge in [-0.25, -0.2) is 4.90 Å². The highest BCUT2D eigenvalue weighted by molar-refractivity contribution is 6.28. The molecule has 37 heteroatoms. The normalized spacial score (nSPS) is 15.0. The number of aliphatic hydroxyl groups excluding tert-OH is 10. The van der Waals surface area contributed by atoms with Crippen LogP contribution in [0.25, 0.3) is 0 Å². The zero-order valence-electron chi connectivity index (χ0n) is 55.4. The minimum Gasteiger partial charge on any atom is -0.394 e. The number of carbonyl (C=O) groups excluding carboxylic acids is 8. The third-order valence-corrected chi connectivity index (χ3v) is 13.7. The number of anilines is 1. The Bertz CT molecular complexity index is 2400. The van der Waals surface area contributed by atoms with Crippen molar-refractivity contribution in [2.24, 2.45) is 0 Å². The molecule has 0 saturated carbocycles. The van der Waals surface area contributed by atoms with Crippen molar-refractivity contribution in [1.29, 1.82) is 0 Å². The first-order valence-corrected chi connectivity index (χ1v) is 32.2. The maximum absolute atomic E-state index is 13.0. The Labute approximate surface area is 567 Å². The summed E-state index contributed by atoms with van der Waals surface area (Å²) in [5.74, 6) is -5.02. The van der Waals surface area contributed by atoms with Crippen LogP contribution in [0.2, 0.25) is 0 Å². The fourth-order valence-electron chi connectivity index (χ4n) is 8.20. The van der Waals surface area contributed by atoms with Gasteiger partial charge in [0.1, 0.15) is 42.7 Å². The van der Waals surface area contributed by atoms with Gasteiger partial charge in [0, 0.05) is 50.2 Å². The monoisotopic (exact) mass is 1410 g/mol. The molecule has 0 saturated heterocycles. The summed E-state index contributed by atoms with van der Waals surface area (Å²) < 4.78 is 65.7. The molecule has 1 heterocycles. The number of nitrogens with one attached hydrogen (secondary N) is 6. The smallest absolute Gasteiger partial charge is 0.258 e. The Hall–Kier alpha value is -5.96. The highest BCUT2D eigenvalue weighted by Gasteiger charge is 2.33. The molecule has 1 aliphatic rings. The lowest BCUT2D eigenvalue weighted by molar-refractivity contribution is -0.132. The van der Waals surface area contributed by atoms with E-state index in [1.165, 1.54) is 6.07 Å². The van der Waals surface area contributed by atoms with Crippen molar-refractivity contribution < 1.29 is 146 Å². The first-order valence-electron chi connectivity index (χ1n) is 32.2. The van der Waals surface area contributed by atoms with Gasteiger partial charge in [-0.2, -0.15) is 0 Å². The lowest BCUT2D eigenvalue weighted by Crippen LogP contribution is -2.53. The second kappa shape index (κ2) is 55.8. The molecule has 0 fully saturated rings. The van der Waals surface area contributed by atoms with Gasteiger partial charge in [-0.3, -0.25) is 38.4 Å². The summed E-state index contributed by atoms with van der Waals surface area (Å²) in [7, 11) is 0. The number of carbonyl (C=O) groups is 8. The molecule has 2 rings (SSSR count). The van der Waals surface area contributed by atoms with E-state index in [4.69, 9.17) is 67.1 Å². The van der Waals surface area contributed by atoms with Crippen LogP contribution >= 0.6 is 0 Å². The van der Waals surface area contributed by atoms with Crippen molar-refractivity contribution in [2.75, 3.05) is 209 Å². The Kier molecular flexibility index (Phi) is 50.2. The third kappa shape index (κ3) is 40.3. The fraction of sp³-hybridized carbons (Fsp3) is 0.738. The molecule has 0 unspecified atom stereocenters. The molecule has 0 aliphatic carbocycles. The first kappa shape index (κ1) is 88.1. The molecule has 9 atom stereocenters. The van der Waals surface area contributed by atoms with Crippen molar-refractivity contribution >= 4 is 52.9 Å². The minimum atomic E-state index is -1.99. The zero-order chi connectivity index (χ0) is 72.1. The lowest BCUT2D eigenvalue weighted by Gasteiger charge is -2.26. The molecule has 0 spiro atoms. The molecule has 16 N–H and O–H groups in total. The van der Waals surface area contributed by atoms with E-state index in [0.29, 0.717) is 131 Å². The number of aryl methyl sites for hydroxylation is 1. The molecule has 0 bridgehead atoms. The number of hydrogen-bond donors (Lipinski definition) is 16. The summed E-state index contributed by atoms with van der Waals surface area (Å²) in [6.45, 7) is 5.82. The van der Waals surface area contributed by atoms with Crippen molar-refractivity contribution in [3.63, 3.8) is 0 Å². The lowest BCUT2D eigenvalue weighted by atomic mass is 10.0. The van der Waals surface area contributed by atoms with Gasteiger partial charge in [-0.05, 0) is 30.5 Å². The van der Waals surface area contributed by atoms with Gasteiger partial charge in [0.2, 0.25) is 29.5 Å². The topological polar surface area (TPSA) is 525 Å². The molecule has 562 valence electrons. The van der Waals surface area contributed by atoms with E-state index in [0.717, 1.165) is 17.1 Å². The van der Waals surface area contributed by atoms with Crippen molar-refractivity contribution in [3.05, 3.63) is 41.5 Å². The minimum absolute atomic E-state index is 0.0888. The van der Waals surface area contributed by atoms with Crippen LogP contribution in [0.4, 0.5) is 5.69 Å². The molecule has 0 aromatic heterocycles. The van der Waals surface area contributed by atoms with E-state index in [2.05, 4.69) is 31.9 Å². The molecule has 1 aliphatic heterocycles. The van der Waals surface area contributed by atoms with Crippen LogP contribution in [0.15, 0.2) is 30.4 Å². The highest BCUT2D eigenvalue weighted by atomic mass is 16.6. The summed E-state index contributed by atoms with van der Waals surface area (Å²) in [6.07, 6.45) is -13.2. The summed E-state index contributed by atoms with van der Waals surface area (Å²) in [6, 6.07) is 3.24. The van der Waals surface area contributed by atoms with Crippen LogP contribution in [0.3, 0.4) is 0 Å². The Morgan fingerprint density at radius 2 is 0.786 bits per heavy atom. The number of benzene rings is 1. The van der Waals surface area contributed by atoms with Crippen LogP contribution in [0, 0.1) is 0 Å². The molecule has 98 heavy (non-hydrogen) atoms. The zero-order valence-corrected chi connectivity index (χ0v) is 55.4. The molecule has 0 radical (unpaired) electrons. The molecule has 1 aromatic carbocycles. The highest BCUT2D eigenvalue weighted by Crippen LogP contribution is 2.23. The van der Waals surface area contributed by atoms with Gasteiger partial charge in [0.25, 0.3) is 17.7 Å². The van der Waals surface area contributed by atoms with Crippen LogP contribution in [0.1, 0.15) is 42.1 Å². The SMILES string of the molecule is CCc1ccc(N2C(=O)C=CC2=O)cc1C(=O)NCC(=O)NCC(=O)NCCOCCOCCOCCOCCOCCOCCOCCOCCOCCOCCOCCOCCC(=O)N[C@@H](CCC(=O)NC[C@H](O)[C@@H](O)[C@H](O)[C@H](O)CO)C(=O)NC[C@H](O)[C@@H](O)[C@H](O)[C@H](O)CO. The van der Waals surface area contributed by atoms with Crippen LogP contribution in [-0.2, 0) is 96.8 Å². The van der Waals surface area contributed by atoms with Gasteiger partial charge in [0.15, 0.2) is 0 Å². The van der Waals surface area contributed by atoms with Gasteiger partial charge < -0.3 is 140 Å². The predicted molar refractivity (Wildman–Crippen MR) is 340 cm³/mol. The van der Waals surface area contributed by atoms with Crippen molar-refractivity contribution in [1.82, 2.24) is 31.9 Å². The summed E-state index contributed by atoms with van der Waals surface area (Å²) in [5.41, 5.74) is 1.11. The molecular formula is C61H103N7O30. The number of aliphatic hydroxyl groups is 10. The molecule has 1 aromatic rings. The average Bonchev–Trinajstić information content (AvgIpc) is 1.52. The Balaban J connectivity index is 1.34. The molecule has 37 nitrogen and oxygen atoms in total. The van der Waals surface area contributed by atoms with Gasteiger partial charge in [-0.1, -0.05) is 13.0 Å². The van der Waals surface area contributed by atoms with Crippen molar-refractivity contribution in [2.45, 2.75) is 87.5 Å². The summed E-state index contributed by atoms with van der Waals surface area (Å²) in [4.78, 5) is 101. The van der Waals surface area contributed by atoms with E-state index < -0.39 is 141 Å². The quantitative estimate of drug-likeness (QED) is 0.0213. The maximum atomic E-state index is 13.0. The van der Waals surface area contributed by atoms with Crippen LogP contribution in [-0.4, -0.2) is 358 Å². The summed E-state index contributed by atoms with van der Waals surface area (Å²) in [5, 5.41) is 111. The Morgan fingerprint density at radius 3 is 1.19 bits per heavy atom. The largest absolute Gasteiger partial charge is 0.394 e. The summed E-state index contributed by atoms with van der Waals surface area (Å²) >= 11 is 0. The first-order chi connectivity index (χ1) is 47.2. The molecular weight excluding hydrogens is 1310 g/mol. The third-order valence-electron chi connectivity index (χ3n) is 13.7. The van der Waals surface area contributed by atoms with E-state index in [9.17, 15) is 79.2 Å². The standard InChI is InChI=1S/C61H103N7O30/c1-2-42-3-4-43(68-54(79)7-8-55(68)80)35-44(42)60(85)66-39-53(78)64-38-52(77)62-10-12-88-14-16-90-18-20-92-22-24-94-26-28-96-30-32-98-34-33-97-31-29-95-27-25-93-23-21-91-19-17-89-15-13-87-11-9-51(76)67-45(61(86)65-37-47(72)57(82)59(84)49(74)41-70)5-6-50(75)63-36-46(71)56(81)58(83)48(73)40-69/h3-4,7-8,35,45-49,56-59,69-74,81-84H,2,5-6,9-34,36-41H2,1H3,(H,62,77)(H,63,75)(H,64,78)(H,65,86)(H,66,85)(H,67,76)/t45-,46-,47-,48+,49+,56+,57+,58+,59+/m0/s1. The van der Waals surface area contributed by atoms with Gasteiger partial charge in [-0.15, -0.1) is 0 Å². The van der Waals surface area contributed by atoms with E-state index in [1.807, 2.05) is 6.92 Å². The van der Waals surface area contributed by atoms with E-state index in [-0.39, 0.29) is 76.8 Å². The molecule has 8 amide bonds. The van der Waals surface area contributed by atoms with Crippen LogP contribution < -0.4 is 36.8 Å². The second-order valence-corrected chi connectivity index (χ2v) is 21.3. The number of ether oxygens (including phenoxy) is 12. The average molecular weight is 1410 g/mol. The number of rotatable bonds is 63. The second-order valence-electron chi connectivity index (χ2n) is 21.3. The number of nitrogens with zero attached hydrogens (tertiary/aromatic N) is 1. The van der Waals surface area contributed by atoms with E-state index in [1.54, 1.807) is 12.1 Å². The van der Waals surface area contributed by atoms with Crippen LogP contribution in [0.5, 0.6) is 0 Å². The van der Waals surface area contributed by atoms with E-state index >= 15 is 0 Å². The Morgan fingerprint density at radius 1 is 0.418 bits per heavy atom. The number of imide groups is 1. The van der Waals surface area contributed by atoms with Gasteiger partial charge >= 0.3 is 0 Å². The van der Waals surface area contributed by atoms with Crippen molar-refractivity contribution in [3.8, 4) is 0 Å². The fourth-order valence-corrected chi connectivity index (χ4v) is 8.20.